The van der Waals surface area contributed by atoms with Crippen molar-refractivity contribution in [1.82, 2.24) is 0 Å². The van der Waals surface area contributed by atoms with Gasteiger partial charge < -0.3 is 4.90 Å². The van der Waals surface area contributed by atoms with Crippen LogP contribution in [0.1, 0.15) is 0 Å². The minimum atomic E-state index is 1.11. The highest BCUT2D eigenvalue weighted by Crippen LogP contribution is 2.43. The molecule has 0 aliphatic heterocycles. The smallest absolute Gasteiger partial charge is 0.0540 e. The van der Waals surface area contributed by atoms with Crippen LogP contribution in [0.3, 0.4) is 0 Å². The monoisotopic (exact) mass is 705 g/mol. The fourth-order valence-electron chi connectivity index (χ4n) is 7.78. The molecular formula is C52H35NS. The van der Waals surface area contributed by atoms with Gasteiger partial charge in [0.1, 0.15) is 0 Å². The number of hydrogen-bond donors (Lipinski definition) is 0. The van der Waals surface area contributed by atoms with Crippen LogP contribution >= 0.6 is 11.3 Å². The molecule has 0 saturated heterocycles. The summed E-state index contributed by atoms with van der Waals surface area (Å²) in [6.45, 7) is 0. The van der Waals surface area contributed by atoms with Gasteiger partial charge in [-0.1, -0.05) is 164 Å². The highest BCUT2D eigenvalue weighted by atomic mass is 32.1. The minimum Gasteiger partial charge on any atom is -0.310 e. The Kier molecular flexibility index (Phi) is 8.09. The van der Waals surface area contributed by atoms with Crippen molar-refractivity contribution in [1.29, 1.82) is 0 Å². The Morgan fingerprint density at radius 3 is 1.48 bits per heavy atom. The van der Waals surface area contributed by atoms with E-state index in [9.17, 15) is 0 Å². The van der Waals surface area contributed by atoms with E-state index in [1.54, 1.807) is 0 Å². The molecule has 54 heavy (non-hydrogen) atoms. The van der Waals surface area contributed by atoms with Crippen molar-refractivity contribution in [2.45, 2.75) is 0 Å². The summed E-state index contributed by atoms with van der Waals surface area (Å²) in [5.41, 5.74) is 13.0. The zero-order valence-corrected chi connectivity index (χ0v) is 30.4. The molecule has 0 bridgehead atoms. The molecule has 0 radical (unpaired) electrons. The van der Waals surface area contributed by atoms with Crippen molar-refractivity contribution in [3.63, 3.8) is 0 Å². The lowest BCUT2D eigenvalue weighted by molar-refractivity contribution is 1.28. The number of nitrogens with zero attached hydrogens (tertiary/aromatic N) is 1. The second-order valence-corrected chi connectivity index (χ2v) is 14.8. The number of para-hydroxylation sites is 1. The van der Waals surface area contributed by atoms with Crippen molar-refractivity contribution in [3.8, 4) is 44.5 Å². The Morgan fingerprint density at radius 1 is 0.315 bits per heavy atom. The first-order chi connectivity index (χ1) is 26.8. The molecule has 2 heteroatoms. The van der Waals surface area contributed by atoms with Gasteiger partial charge in [-0.15, -0.1) is 11.3 Å². The highest BCUT2D eigenvalue weighted by molar-refractivity contribution is 7.26. The van der Waals surface area contributed by atoms with E-state index in [1.807, 2.05) is 11.3 Å². The lowest BCUT2D eigenvalue weighted by atomic mass is 9.97. The van der Waals surface area contributed by atoms with Crippen LogP contribution in [0.4, 0.5) is 17.1 Å². The fraction of sp³-hybridized carbons (Fsp3) is 0. The molecule has 0 amide bonds. The number of benzene rings is 9. The van der Waals surface area contributed by atoms with E-state index in [1.165, 1.54) is 75.5 Å². The van der Waals surface area contributed by atoms with Crippen molar-refractivity contribution in [3.05, 3.63) is 212 Å². The first kappa shape index (κ1) is 32.0. The van der Waals surface area contributed by atoms with Crippen molar-refractivity contribution < 1.29 is 0 Å². The fourth-order valence-corrected chi connectivity index (χ4v) is 8.90. The number of anilines is 3. The molecule has 1 aromatic heterocycles. The van der Waals surface area contributed by atoms with Crippen LogP contribution in [-0.4, -0.2) is 0 Å². The molecule has 0 aliphatic rings. The number of thiophene rings is 1. The van der Waals surface area contributed by atoms with Gasteiger partial charge in [0.15, 0.2) is 0 Å². The third-order valence-electron chi connectivity index (χ3n) is 10.5. The quantitative estimate of drug-likeness (QED) is 0.160. The third kappa shape index (κ3) is 5.84. The van der Waals surface area contributed by atoms with Gasteiger partial charge in [0.05, 0.1) is 5.69 Å². The van der Waals surface area contributed by atoms with E-state index in [4.69, 9.17) is 0 Å². The van der Waals surface area contributed by atoms with E-state index in [2.05, 4.69) is 217 Å². The molecule has 0 saturated carbocycles. The van der Waals surface area contributed by atoms with Crippen LogP contribution in [0.5, 0.6) is 0 Å². The lowest BCUT2D eigenvalue weighted by Crippen LogP contribution is -2.11. The molecule has 0 N–H and O–H groups in total. The molecule has 0 aliphatic carbocycles. The van der Waals surface area contributed by atoms with Crippen LogP contribution in [0.2, 0.25) is 0 Å². The summed E-state index contributed by atoms with van der Waals surface area (Å²) in [6, 6.07) is 77.0. The van der Waals surface area contributed by atoms with Gasteiger partial charge >= 0.3 is 0 Å². The van der Waals surface area contributed by atoms with Gasteiger partial charge in [0.2, 0.25) is 0 Å². The molecule has 1 heterocycles. The molecule has 10 rings (SSSR count). The molecule has 9 aromatic carbocycles. The summed E-state index contributed by atoms with van der Waals surface area (Å²) in [7, 11) is 0. The van der Waals surface area contributed by atoms with Crippen LogP contribution < -0.4 is 4.90 Å². The summed E-state index contributed by atoms with van der Waals surface area (Å²) < 4.78 is 2.68. The molecule has 254 valence electrons. The number of hydrogen-bond acceptors (Lipinski definition) is 2. The Morgan fingerprint density at radius 2 is 0.815 bits per heavy atom. The maximum atomic E-state index is 2.38. The topological polar surface area (TPSA) is 3.24 Å². The Labute approximate surface area is 319 Å². The molecule has 0 spiro atoms. The van der Waals surface area contributed by atoms with Crippen molar-refractivity contribution in [2.75, 3.05) is 4.90 Å². The van der Waals surface area contributed by atoms with Crippen LogP contribution in [0.15, 0.2) is 212 Å². The van der Waals surface area contributed by atoms with Crippen molar-refractivity contribution in [2.24, 2.45) is 0 Å². The van der Waals surface area contributed by atoms with Crippen LogP contribution in [-0.2, 0) is 0 Å². The van der Waals surface area contributed by atoms with Gasteiger partial charge in [-0.3, -0.25) is 0 Å². The zero-order chi connectivity index (χ0) is 35.8. The second kappa shape index (κ2) is 13.7. The standard InChI is InChI=1S/C52H35NS/c1-3-11-36(12-4-1)37-19-21-38(22-20-37)39-23-29-44(30-24-39)53(49-17-9-7-15-46(49)41-13-5-2-6-14-41)45-31-25-40(26-32-45)42-27-33-47-43(35-42)28-34-51-52(47)48-16-8-10-18-50(48)54-51/h1-35H. The van der Waals surface area contributed by atoms with Gasteiger partial charge in [-0.05, 0) is 98.2 Å². The van der Waals surface area contributed by atoms with Gasteiger partial charge in [0.25, 0.3) is 0 Å². The van der Waals surface area contributed by atoms with Crippen molar-refractivity contribution >= 4 is 59.3 Å². The highest BCUT2D eigenvalue weighted by Gasteiger charge is 2.18. The van der Waals surface area contributed by atoms with E-state index in [-0.39, 0.29) is 0 Å². The van der Waals surface area contributed by atoms with E-state index in [0.717, 1.165) is 17.1 Å². The number of fused-ring (bicyclic) bond motifs is 5. The maximum absolute atomic E-state index is 2.38. The summed E-state index contributed by atoms with van der Waals surface area (Å²) in [5.74, 6) is 0. The molecule has 0 atom stereocenters. The third-order valence-corrected chi connectivity index (χ3v) is 11.6. The maximum Gasteiger partial charge on any atom is 0.0540 e. The normalized spacial score (nSPS) is 11.3. The largest absolute Gasteiger partial charge is 0.310 e. The minimum absolute atomic E-state index is 1.11. The summed E-state index contributed by atoms with van der Waals surface area (Å²) in [6.07, 6.45) is 0. The summed E-state index contributed by atoms with van der Waals surface area (Å²) in [4.78, 5) is 2.38. The molecular weight excluding hydrogens is 671 g/mol. The zero-order valence-electron chi connectivity index (χ0n) is 29.6. The van der Waals surface area contributed by atoms with Gasteiger partial charge in [-0.2, -0.15) is 0 Å². The predicted molar refractivity (Wildman–Crippen MR) is 233 cm³/mol. The van der Waals surface area contributed by atoms with E-state index >= 15 is 0 Å². The molecule has 10 aromatic rings. The van der Waals surface area contributed by atoms with Crippen LogP contribution in [0.25, 0.3) is 75.5 Å². The summed E-state index contributed by atoms with van der Waals surface area (Å²) in [5, 5.41) is 5.27. The van der Waals surface area contributed by atoms with E-state index < -0.39 is 0 Å². The molecule has 0 fully saturated rings. The molecule has 1 nitrogen and oxygen atoms in total. The SMILES string of the molecule is c1ccc(-c2ccc(-c3ccc(N(c4ccc(-c5ccc6c(ccc7sc8ccccc8c76)c5)cc4)c4ccccc4-c4ccccc4)cc3)cc2)cc1. The second-order valence-electron chi connectivity index (χ2n) is 13.7. The molecule has 0 unspecified atom stereocenters. The average molecular weight is 706 g/mol. The van der Waals surface area contributed by atoms with Crippen LogP contribution in [0, 0.1) is 0 Å². The predicted octanol–water partition coefficient (Wildman–Crippen LogP) is 15.3. The first-order valence-electron chi connectivity index (χ1n) is 18.4. The van der Waals surface area contributed by atoms with Gasteiger partial charge in [-0.25, -0.2) is 0 Å². The Hall–Kier alpha value is -6.74. The Balaban J connectivity index is 1.02. The lowest BCUT2D eigenvalue weighted by Gasteiger charge is -2.28. The van der Waals surface area contributed by atoms with Gasteiger partial charge in [0, 0.05) is 37.1 Å². The average Bonchev–Trinajstić information content (AvgIpc) is 3.64. The number of rotatable bonds is 7. The Bertz CT molecular complexity index is 2890. The summed E-state index contributed by atoms with van der Waals surface area (Å²) >= 11 is 1.87. The first-order valence-corrected chi connectivity index (χ1v) is 19.2. The van der Waals surface area contributed by atoms with E-state index in [0.29, 0.717) is 0 Å².